The van der Waals surface area contributed by atoms with Gasteiger partial charge in [0.1, 0.15) is 5.82 Å². The largest absolute Gasteiger partial charge is 0.393 e. The Balaban J connectivity index is 1.57. The molecule has 8 nitrogen and oxygen atoms in total. The summed E-state index contributed by atoms with van der Waals surface area (Å²) in [6.45, 7) is -0.196. The van der Waals surface area contributed by atoms with Crippen molar-refractivity contribution in [2.45, 2.75) is 44.4 Å². The zero-order valence-electron chi connectivity index (χ0n) is 15.9. The normalized spacial score (nSPS) is 19.1. The summed E-state index contributed by atoms with van der Waals surface area (Å²) < 4.78 is 0. The van der Waals surface area contributed by atoms with Crippen LogP contribution in [0.5, 0.6) is 0 Å². The van der Waals surface area contributed by atoms with E-state index in [1.54, 1.807) is 36.5 Å². The third-order valence-corrected chi connectivity index (χ3v) is 5.10. The number of aliphatic hydroxyl groups is 2. The second kappa shape index (κ2) is 8.50. The minimum absolute atomic E-state index is 0.196. The molecule has 4 rings (SSSR count). The molecule has 0 saturated heterocycles. The van der Waals surface area contributed by atoms with Gasteiger partial charge in [0.15, 0.2) is 0 Å². The quantitative estimate of drug-likeness (QED) is 0.525. The summed E-state index contributed by atoms with van der Waals surface area (Å²) in [7, 11) is 0. The highest BCUT2D eigenvalue weighted by Gasteiger charge is 2.20. The maximum atomic E-state index is 12.8. The first kappa shape index (κ1) is 19.2. The maximum absolute atomic E-state index is 12.8. The summed E-state index contributed by atoms with van der Waals surface area (Å²) in [4.78, 5) is 26.0. The van der Waals surface area contributed by atoms with Crippen molar-refractivity contribution in [1.29, 1.82) is 0 Å². The van der Waals surface area contributed by atoms with Crippen LogP contribution in [0, 0.1) is 0 Å². The lowest BCUT2D eigenvalue weighted by molar-refractivity contribution is 0.102. The molecule has 1 aliphatic carbocycles. The van der Waals surface area contributed by atoms with E-state index in [4.69, 9.17) is 0 Å². The van der Waals surface area contributed by atoms with Crippen LogP contribution < -0.4 is 10.6 Å². The van der Waals surface area contributed by atoms with Crippen LogP contribution in [0.4, 0.5) is 11.8 Å². The summed E-state index contributed by atoms with van der Waals surface area (Å²) in [5.41, 5.74) is 1.45. The zero-order valence-corrected chi connectivity index (χ0v) is 15.9. The number of fused-ring (bicyclic) bond motifs is 1. The highest BCUT2D eigenvalue weighted by Crippen LogP contribution is 2.23. The number of amides is 1. The first-order valence-electron chi connectivity index (χ1n) is 9.71. The van der Waals surface area contributed by atoms with E-state index in [9.17, 15) is 15.0 Å². The first-order chi connectivity index (χ1) is 14.1. The van der Waals surface area contributed by atoms with Crippen LogP contribution in [-0.2, 0) is 6.61 Å². The van der Waals surface area contributed by atoms with Gasteiger partial charge in [0.05, 0.1) is 29.5 Å². The smallest absolute Gasteiger partial charge is 0.259 e. The van der Waals surface area contributed by atoms with E-state index in [1.165, 1.54) is 0 Å². The number of nitrogens with one attached hydrogen (secondary N) is 2. The van der Waals surface area contributed by atoms with E-state index in [0.29, 0.717) is 28.5 Å². The van der Waals surface area contributed by atoms with E-state index in [-0.39, 0.29) is 24.7 Å². The fourth-order valence-corrected chi connectivity index (χ4v) is 3.53. The Labute approximate surface area is 168 Å². The monoisotopic (exact) mass is 393 g/mol. The molecule has 2 heterocycles. The molecule has 2 aromatic heterocycles. The lowest BCUT2D eigenvalue weighted by Gasteiger charge is -2.26. The number of aliphatic hydroxyl groups excluding tert-OH is 2. The fourth-order valence-electron chi connectivity index (χ4n) is 3.53. The summed E-state index contributed by atoms with van der Waals surface area (Å²) in [6, 6.07) is 10.6. The van der Waals surface area contributed by atoms with Crippen molar-refractivity contribution in [3.05, 3.63) is 53.9 Å². The summed E-state index contributed by atoms with van der Waals surface area (Å²) in [6.07, 6.45) is 4.72. The molecule has 4 N–H and O–H groups in total. The number of carbonyl (C=O) groups excluding carboxylic acids is 1. The van der Waals surface area contributed by atoms with E-state index in [1.807, 2.05) is 6.07 Å². The average molecular weight is 393 g/mol. The number of hydrogen-bond acceptors (Lipinski definition) is 7. The van der Waals surface area contributed by atoms with Gasteiger partial charge in [0, 0.05) is 17.6 Å². The molecule has 29 heavy (non-hydrogen) atoms. The van der Waals surface area contributed by atoms with Crippen LogP contribution in [0.3, 0.4) is 0 Å². The van der Waals surface area contributed by atoms with Gasteiger partial charge in [-0.25, -0.2) is 15.0 Å². The minimum Gasteiger partial charge on any atom is -0.393 e. The van der Waals surface area contributed by atoms with Crippen LogP contribution in [0.1, 0.15) is 41.7 Å². The molecule has 1 aromatic carbocycles. The molecular formula is C21H23N5O3. The lowest BCUT2D eigenvalue weighted by atomic mass is 9.93. The number of carbonyl (C=O) groups is 1. The van der Waals surface area contributed by atoms with E-state index in [0.717, 1.165) is 31.1 Å². The Bertz CT molecular complexity index is 1020. The number of benzene rings is 1. The number of rotatable bonds is 5. The van der Waals surface area contributed by atoms with E-state index < -0.39 is 0 Å². The van der Waals surface area contributed by atoms with Crippen LogP contribution in [0.15, 0.2) is 42.6 Å². The third kappa shape index (κ3) is 4.49. The summed E-state index contributed by atoms with van der Waals surface area (Å²) in [5, 5.41) is 25.7. The summed E-state index contributed by atoms with van der Waals surface area (Å²) >= 11 is 0. The van der Waals surface area contributed by atoms with Gasteiger partial charge in [-0.3, -0.25) is 4.79 Å². The van der Waals surface area contributed by atoms with Crippen molar-refractivity contribution >= 4 is 28.6 Å². The van der Waals surface area contributed by atoms with Crippen LogP contribution >= 0.6 is 0 Å². The molecule has 0 bridgehead atoms. The van der Waals surface area contributed by atoms with Crippen molar-refractivity contribution in [3.63, 3.8) is 0 Å². The first-order valence-corrected chi connectivity index (χ1v) is 9.71. The van der Waals surface area contributed by atoms with Crippen molar-refractivity contribution in [2.24, 2.45) is 0 Å². The molecular weight excluding hydrogens is 370 g/mol. The zero-order chi connectivity index (χ0) is 20.2. The van der Waals surface area contributed by atoms with Gasteiger partial charge in [-0.15, -0.1) is 0 Å². The molecule has 1 saturated carbocycles. The molecule has 150 valence electrons. The molecule has 1 fully saturated rings. The van der Waals surface area contributed by atoms with Gasteiger partial charge in [-0.2, -0.15) is 0 Å². The van der Waals surface area contributed by atoms with Crippen LogP contribution in [0.25, 0.3) is 10.9 Å². The van der Waals surface area contributed by atoms with Gasteiger partial charge in [-0.1, -0.05) is 18.2 Å². The predicted octanol–water partition coefficient (Wildman–Crippen LogP) is 2.48. The third-order valence-electron chi connectivity index (χ3n) is 5.10. The van der Waals surface area contributed by atoms with Crippen molar-refractivity contribution in [1.82, 2.24) is 15.0 Å². The molecule has 0 unspecified atom stereocenters. The Morgan fingerprint density at radius 2 is 1.86 bits per heavy atom. The highest BCUT2D eigenvalue weighted by molar-refractivity contribution is 6.11. The number of hydrogen-bond donors (Lipinski definition) is 4. The molecule has 1 aliphatic rings. The van der Waals surface area contributed by atoms with E-state index >= 15 is 0 Å². The van der Waals surface area contributed by atoms with Gasteiger partial charge in [0.25, 0.3) is 5.91 Å². The SMILES string of the molecule is O=C(Nc1cccc(CO)n1)c1cccc2cnc(N[C@H]3CC[C@H](O)CC3)nc12. The highest BCUT2D eigenvalue weighted by atomic mass is 16.3. The predicted molar refractivity (Wildman–Crippen MR) is 110 cm³/mol. The second-order valence-corrected chi connectivity index (χ2v) is 7.21. The van der Waals surface area contributed by atoms with Gasteiger partial charge in [-0.05, 0) is 43.9 Å². The second-order valence-electron chi connectivity index (χ2n) is 7.21. The summed E-state index contributed by atoms with van der Waals surface area (Å²) in [5.74, 6) is 0.509. The molecule has 3 aromatic rings. The van der Waals surface area contributed by atoms with Gasteiger partial charge in [0.2, 0.25) is 5.95 Å². The van der Waals surface area contributed by atoms with Crippen LogP contribution in [0.2, 0.25) is 0 Å². The molecule has 0 spiro atoms. The van der Waals surface area contributed by atoms with Crippen molar-refractivity contribution in [3.8, 4) is 0 Å². The van der Waals surface area contributed by atoms with Gasteiger partial charge < -0.3 is 20.8 Å². The van der Waals surface area contributed by atoms with Gasteiger partial charge >= 0.3 is 0 Å². The number of aromatic nitrogens is 3. The molecule has 0 atom stereocenters. The Morgan fingerprint density at radius 1 is 1.07 bits per heavy atom. The standard InChI is InChI=1S/C21H23N5O3/c27-12-15-4-2-6-18(23-15)25-20(29)17-5-1-3-13-11-22-21(26-19(13)17)24-14-7-9-16(28)10-8-14/h1-6,11,14,16,27-28H,7-10,12H2,(H,22,24,26)(H,23,25,29)/t14-,16-. The Hall–Kier alpha value is -3.10. The van der Waals surface area contributed by atoms with Crippen molar-refractivity contribution < 1.29 is 15.0 Å². The fraction of sp³-hybridized carbons (Fsp3) is 0.333. The number of anilines is 2. The Morgan fingerprint density at radius 3 is 2.66 bits per heavy atom. The minimum atomic E-state index is -0.330. The maximum Gasteiger partial charge on any atom is 0.259 e. The number of nitrogens with zero attached hydrogens (tertiary/aromatic N) is 3. The molecule has 8 heteroatoms. The number of para-hydroxylation sites is 1. The van der Waals surface area contributed by atoms with E-state index in [2.05, 4.69) is 25.6 Å². The lowest BCUT2D eigenvalue weighted by Crippen LogP contribution is -2.29. The van der Waals surface area contributed by atoms with Crippen molar-refractivity contribution in [2.75, 3.05) is 10.6 Å². The number of pyridine rings is 1. The molecule has 0 radical (unpaired) electrons. The topological polar surface area (TPSA) is 120 Å². The average Bonchev–Trinajstić information content (AvgIpc) is 2.75. The molecule has 1 amide bonds. The van der Waals surface area contributed by atoms with Crippen LogP contribution in [-0.4, -0.2) is 43.2 Å². The molecule has 0 aliphatic heterocycles. The Kier molecular flexibility index (Phi) is 5.64.